The third-order valence-corrected chi connectivity index (χ3v) is 1.70. The summed E-state index contributed by atoms with van der Waals surface area (Å²) in [4.78, 5) is 0. The molecule has 0 aromatic carbocycles. The zero-order valence-electron chi connectivity index (χ0n) is 7.15. The molecule has 0 radical (unpaired) electrons. The summed E-state index contributed by atoms with van der Waals surface area (Å²) < 4.78 is 10.4. The summed E-state index contributed by atoms with van der Waals surface area (Å²) in [5, 5.41) is 7.53. The molecule has 2 aromatic rings. The number of nitrogens with two attached hydrogens (primary N) is 1. The van der Waals surface area contributed by atoms with Crippen molar-refractivity contribution in [3.8, 4) is 11.7 Å². The van der Waals surface area contributed by atoms with Gasteiger partial charge in [-0.1, -0.05) is 0 Å². The molecule has 5 nitrogen and oxygen atoms in total. The Kier molecular flexibility index (Phi) is 1.86. The van der Waals surface area contributed by atoms with Gasteiger partial charge < -0.3 is 14.6 Å². The Morgan fingerprint density at radius 3 is 2.85 bits per heavy atom. The molecule has 2 heterocycles. The Morgan fingerprint density at radius 1 is 1.46 bits per heavy atom. The Balaban J connectivity index is 2.41. The van der Waals surface area contributed by atoms with Gasteiger partial charge in [0.2, 0.25) is 5.89 Å². The van der Waals surface area contributed by atoms with E-state index >= 15 is 0 Å². The highest BCUT2D eigenvalue weighted by Gasteiger charge is 2.12. The van der Waals surface area contributed by atoms with E-state index in [9.17, 15) is 0 Å². The van der Waals surface area contributed by atoms with E-state index in [4.69, 9.17) is 14.6 Å². The number of aromatic nitrogens is 2. The average molecular weight is 179 g/mol. The molecule has 2 aromatic heterocycles. The van der Waals surface area contributed by atoms with Gasteiger partial charge in [0.1, 0.15) is 0 Å². The van der Waals surface area contributed by atoms with E-state index in [1.165, 1.54) is 0 Å². The fourth-order valence-electron chi connectivity index (χ4n) is 1.02. The van der Waals surface area contributed by atoms with Crippen molar-refractivity contribution in [2.75, 3.05) is 0 Å². The van der Waals surface area contributed by atoms with E-state index < -0.39 is 0 Å². The first-order valence-corrected chi connectivity index (χ1v) is 3.88. The number of furan rings is 1. The van der Waals surface area contributed by atoms with Gasteiger partial charge in [-0.3, -0.25) is 0 Å². The van der Waals surface area contributed by atoms with Crippen LogP contribution in [-0.4, -0.2) is 10.2 Å². The first-order valence-electron chi connectivity index (χ1n) is 3.88. The average Bonchev–Trinajstić information content (AvgIpc) is 2.71. The monoisotopic (exact) mass is 179 g/mol. The second kappa shape index (κ2) is 3.02. The Bertz CT molecular complexity index is 405. The molecule has 0 aliphatic rings. The van der Waals surface area contributed by atoms with E-state index in [-0.39, 0.29) is 6.54 Å². The highest BCUT2D eigenvalue weighted by molar-refractivity contribution is 5.49. The van der Waals surface area contributed by atoms with Crippen LogP contribution in [-0.2, 0) is 6.54 Å². The van der Waals surface area contributed by atoms with Gasteiger partial charge >= 0.3 is 0 Å². The maximum atomic E-state index is 5.33. The van der Waals surface area contributed by atoms with Gasteiger partial charge in [-0.2, -0.15) is 0 Å². The van der Waals surface area contributed by atoms with Crippen LogP contribution in [0, 0.1) is 6.92 Å². The molecule has 0 saturated heterocycles. The third-order valence-electron chi connectivity index (χ3n) is 1.70. The van der Waals surface area contributed by atoms with E-state index in [1.807, 2.05) is 13.0 Å². The molecule has 2 rings (SSSR count). The minimum absolute atomic E-state index is 0.243. The van der Waals surface area contributed by atoms with Gasteiger partial charge in [0.05, 0.1) is 12.8 Å². The van der Waals surface area contributed by atoms with E-state index in [0.717, 1.165) is 5.56 Å². The van der Waals surface area contributed by atoms with Crippen LogP contribution in [0.3, 0.4) is 0 Å². The van der Waals surface area contributed by atoms with Crippen molar-refractivity contribution in [3.05, 3.63) is 23.8 Å². The number of rotatable bonds is 2. The largest absolute Gasteiger partial charge is 0.459 e. The SMILES string of the molecule is Cc1ccoc1-c1nnc(CN)o1. The molecule has 0 aliphatic heterocycles. The first-order chi connectivity index (χ1) is 6.31. The summed E-state index contributed by atoms with van der Waals surface area (Å²) >= 11 is 0. The van der Waals surface area contributed by atoms with Crippen molar-refractivity contribution in [1.82, 2.24) is 10.2 Å². The number of hydrogen-bond acceptors (Lipinski definition) is 5. The predicted molar refractivity (Wildman–Crippen MR) is 44.6 cm³/mol. The lowest BCUT2D eigenvalue weighted by molar-refractivity contribution is 0.481. The molecule has 0 amide bonds. The molecule has 0 fully saturated rings. The Morgan fingerprint density at radius 2 is 2.31 bits per heavy atom. The number of hydrogen-bond donors (Lipinski definition) is 1. The third kappa shape index (κ3) is 1.33. The topological polar surface area (TPSA) is 78.1 Å². The van der Waals surface area contributed by atoms with Crippen molar-refractivity contribution in [1.29, 1.82) is 0 Å². The predicted octanol–water partition coefficient (Wildman–Crippen LogP) is 1.10. The molecule has 2 N–H and O–H groups in total. The second-order valence-electron chi connectivity index (χ2n) is 2.64. The zero-order valence-corrected chi connectivity index (χ0v) is 7.15. The maximum absolute atomic E-state index is 5.33. The van der Waals surface area contributed by atoms with Crippen LogP contribution in [0.1, 0.15) is 11.5 Å². The smallest absolute Gasteiger partial charge is 0.283 e. The van der Waals surface area contributed by atoms with Crippen molar-refractivity contribution in [2.45, 2.75) is 13.5 Å². The molecule has 68 valence electrons. The lowest BCUT2D eigenvalue weighted by Gasteiger charge is -1.88. The minimum atomic E-state index is 0.243. The van der Waals surface area contributed by atoms with Crippen molar-refractivity contribution in [2.24, 2.45) is 5.73 Å². The number of nitrogens with zero attached hydrogens (tertiary/aromatic N) is 2. The molecule has 0 spiro atoms. The van der Waals surface area contributed by atoms with Crippen LogP contribution in [0.15, 0.2) is 21.2 Å². The zero-order chi connectivity index (χ0) is 9.26. The molecular weight excluding hydrogens is 170 g/mol. The lowest BCUT2D eigenvalue weighted by Crippen LogP contribution is -1.95. The lowest BCUT2D eigenvalue weighted by atomic mass is 10.3. The highest BCUT2D eigenvalue weighted by Crippen LogP contribution is 2.22. The van der Waals surface area contributed by atoms with Crippen molar-refractivity contribution >= 4 is 0 Å². The van der Waals surface area contributed by atoms with Crippen LogP contribution in [0.4, 0.5) is 0 Å². The van der Waals surface area contributed by atoms with Gasteiger partial charge in [0.15, 0.2) is 5.76 Å². The summed E-state index contributed by atoms with van der Waals surface area (Å²) in [5.74, 6) is 1.39. The molecule has 0 bridgehead atoms. The highest BCUT2D eigenvalue weighted by atomic mass is 16.4. The van der Waals surface area contributed by atoms with Crippen LogP contribution in [0.2, 0.25) is 0 Å². The van der Waals surface area contributed by atoms with Gasteiger partial charge in [-0.25, -0.2) is 0 Å². The van der Waals surface area contributed by atoms with Crippen LogP contribution < -0.4 is 5.73 Å². The molecule has 0 unspecified atom stereocenters. The quantitative estimate of drug-likeness (QED) is 0.746. The Labute approximate surface area is 74.6 Å². The Hall–Kier alpha value is -1.62. The standard InChI is InChI=1S/C8H9N3O2/c1-5-2-3-12-7(5)8-11-10-6(4-9)13-8/h2-3H,4,9H2,1H3. The van der Waals surface area contributed by atoms with Gasteiger partial charge in [0.25, 0.3) is 5.89 Å². The molecule has 0 saturated carbocycles. The normalized spacial score (nSPS) is 10.6. The minimum Gasteiger partial charge on any atom is -0.459 e. The van der Waals surface area contributed by atoms with Crippen molar-refractivity contribution in [3.63, 3.8) is 0 Å². The first kappa shape index (κ1) is 8.00. The second-order valence-corrected chi connectivity index (χ2v) is 2.64. The summed E-state index contributed by atoms with van der Waals surface area (Å²) in [6, 6.07) is 1.83. The fraction of sp³-hybridized carbons (Fsp3) is 0.250. The van der Waals surface area contributed by atoms with E-state index in [0.29, 0.717) is 17.5 Å². The van der Waals surface area contributed by atoms with E-state index in [1.54, 1.807) is 6.26 Å². The molecule has 5 heteroatoms. The van der Waals surface area contributed by atoms with E-state index in [2.05, 4.69) is 10.2 Å². The van der Waals surface area contributed by atoms with Crippen LogP contribution in [0.25, 0.3) is 11.7 Å². The summed E-state index contributed by atoms with van der Waals surface area (Å²) in [6.45, 7) is 2.15. The van der Waals surface area contributed by atoms with Gasteiger partial charge in [0, 0.05) is 5.56 Å². The van der Waals surface area contributed by atoms with Gasteiger partial charge in [-0.15, -0.1) is 10.2 Å². The summed E-state index contributed by atoms with van der Waals surface area (Å²) in [6.07, 6.45) is 1.58. The summed E-state index contributed by atoms with van der Waals surface area (Å²) in [5.41, 5.74) is 6.29. The molecular formula is C8H9N3O2. The van der Waals surface area contributed by atoms with Crippen LogP contribution >= 0.6 is 0 Å². The number of aryl methyl sites for hydroxylation is 1. The fourth-order valence-corrected chi connectivity index (χ4v) is 1.02. The van der Waals surface area contributed by atoms with Crippen molar-refractivity contribution < 1.29 is 8.83 Å². The van der Waals surface area contributed by atoms with Gasteiger partial charge in [-0.05, 0) is 13.0 Å². The molecule has 0 atom stereocenters. The molecule has 13 heavy (non-hydrogen) atoms. The molecule has 0 aliphatic carbocycles. The summed E-state index contributed by atoms with van der Waals surface area (Å²) in [7, 11) is 0. The van der Waals surface area contributed by atoms with Crippen LogP contribution in [0.5, 0.6) is 0 Å². The maximum Gasteiger partial charge on any atom is 0.283 e.